The summed E-state index contributed by atoms with van der Waals surface area (Å²) in [5.41, 5.74) is 9.19. The molecule has 1 heterocycles. The molecule has 1 saturated carbocycles. The van der Waals surface area contributed by atoms with Gasteiger partial charge in [-0.05, 0) is 57.0 Å². The molecule has 0 bridgehead atoms. The maximum Gasteiger partial charge on any atom is 0.228 e. The van der Waals surface area contributed by atoms with Gasteiger partial charge in [-0.2, -0.15) is 0 Å². The molecule has 6 heteroatoms. The Kier molecular flexibility index (Phi) is 6.29. The monoisotopic (exact) mass is 380 g/mol. The number of hydrogen-bond donors (Lipinski definition) is 2. The summed E-state index contributed by atoms with van der Waals surface area (Å²) < 4.78 is 5.79. The fraction of sp³-hybridized carbons (Fsp3) is 0.409. The van der Waals surface area contributed by atoms with Gasteiger partial charge in [0.2, 0.25) is 5.91 Å². The van der Waals surface area contributed by atoms with Gasteiger partial charge in [-0.3, -0.25) is 9.79 Å². The maximum atomic E-state index is 12.4. The number of pyridine rings is 1. The van der Waals surface area contributed by atoms with E-state index in [4.69, 9.17) is 10.5 Å². The highest BCUT2D eigenvalue weighted by molar-refractivity contribution is 6.16. The van der Waals surface area contributed by atoms with Gasteiger partial charge in [0.1, 0.15) is 11.6 Å². The molecule has 0 unspecified atom stereocenters. The van der Waals surface area contributed by atoms with Crippen LogP contribution in [0.1, 0.15) is 50.7 Å². The molecular formula is C22H28N4O2. The Morgan fingerprint density at radius 3 is 2.68 bits per heavy atom. The number of aliphatic imine (C=N–C) groups is 1. The van der Waals surface area contributed by atoms with Gasteiger partial charge < -0.3 is 15.8 Å². The molecule has 148 valence electrons. The molecule has 1 aromatic heterocycles. The van der Waals surface area contributed by atoms with E-state index in [0.717, 1.165) is 48.3 Å². The van der Waals surface area contributed by atoms with Gasteiger partial charge in [0, 0.05) is 36.0 Å². The lowest BCUT2D eigenvalue weighted by molar-refractivity contribution is -0.119. The third-order valence-electron chi connectivity index (χ3n) is 4.89. The van der Waals surface area contributed by atoms with Gasteiger partial charge >= 0.3 is 0 Å². The summed E-state index contributed by atoms with van der Waals surface area (Å²) in [5, 5.41) is 2.95. The van der Waals surface area contributed by atoms with Crippen molar-refractivity contribution < 1.29 is 9.53 Å². The van der Waals surface area contributed by atoms with E-state index >= 15 is 0 Å². The molecular weight excluding hydrogens is 352 g/mol. The molecule has 0 radical (unpaired) electrons. The van der Waals surface area contributed by atoms with Crippen LogP contribution in [0.2, 0.25) is 0 Å². The number of hydrogen-bond acceptors (Lipinski definition) is 5. The molecule has 1 fully saturated rings. The predicted octanol–water partition coefficient (Wildman–Crippen LogP) is 4.05. The van der Waals surface area contributed by atoms with Crippen LogP contribution in [0.5, 0.6) is 5.75 Å². The van der Waals surface area contributed by atoms with Crippen LogP contribution in [0.25, 0.3) is 0 Å². The fourth-order valence-electron chi connectivity index (χ4n) is 3.55. The summed E-state index contributed by atoms with van der Waals surface area (Å²) in [5.74, 6) is 1.40. The summed E-state index contributed by atoms with van der Waals surface area (Å²) in [7, 11) is 1.72. The van der Waals surface area contributed by atoms with Crippen LogP contribution in [0, 0.1) is 5.92 Å². The quantitative estimate of drug-likeness (QED) is 0.584. The van der Waals surface area contributed by atoms with Crippen molar-refractivity contribution in [3.8, 4) is 5.75 Å². The van der Waals surface area contributed by atoms with Crippen molar-refractivity contribution in [3.05, 3.63) is 47.7 Å². The molecule has 0 aliphatic heterocycles. The number of nitrogens with two attached hydrogens (primary N) is 1. The number of rotatable bonds is 6. The van der Waals surface area contributed by atoms with Gasteiger partial charge in [0.15, 0.2) is 0 Å². The molecule has 0 saturated heterocycles. The van der Waals surface area contributed by atoms with Gasteiger partial charge in [0.25, 0.3) is 0 Å². The van der Waals surface area contributed by atoms with Crippen molar-refractivity contribution in [1.29, 1.82) is 0 Å². The van der Waals surface area contributed by atoms with Gasteiger partial charge in [-0.25, -0.2) is 4.98 Å². The highest BCUT2D eigenvalue weighted by Gasteiger charge is 2.23. The number of amides is 1. The van der Waals surface area contributed by atoms with Gasteiger partial charge in [-0.1, -0.05) is 12.8 Å². The topological polar surface area (TPSA) is 89.6 Å². The van der Waals surface area contributed by atoms with E-state index in [-0.39, 0.29) is 17.9 Å². The van der Waals surface area contributed by atoms with Crippen LogP contribution in [-0.2, 0) is 4.79 Å². The SMILES string of the molecule is CN=C(c1ccnc(NC(=O)C2CCCC2)c1)c1cc(OC(C)C)ccc1N. The minimum Gasteiger partial charge on any atom is -0.491 e. The predicted molar refractivity (Wildman–Crippen MR) is 113 cm³/mol. The zero-order valence-corrected chi connectivity index (χ0v) is 16.7. The molecule has 1 amide bonds. The lowest BCUT2D eigenvalue weighted by Gasteiger charge is -2.15. The second-order valence-electron chi connectivity index (χ2n) is 7.39. The van der Waals surface area contributed by atoms with E-state index < -0.39 is 0 Å². The standard InChI is InChI=1S/C22H28N4O2/c1-14(2)28-17-8-9-19(23)18(13-17)21(24-3)16-10-11-25-20(12-16)26-22(27)15-6-4-5-7-15/h8-15H,4-7,23H2,1-3H3,(H,25,26,27). The van der Waals surface area contributed by atoms with E-state index in [1.807, 2.05) is 44.2 Å². The molecule has 1 aliphatic carbocycles. The molecule has 3 rings (SSSR count). The summed E-state index contributed by atoms with van der Waals surface area (Å²) in [4.78, 5) is 21.2. The molecule has 0 spiro atoms. The minimum atomic E-state index is 0.0454. The number of benzene rings is 1. The van der Waals surface area contributed by atoms with Crippen molar-refractivity contribution in [1.82, 2.24) is 4.98 Å². The highest BCUT2D eigenvalue weighted by atomic mass is 16.5. The molecule has 3 N–H and O–H groups in total. The second kappa shape index (κ2) is 8.87. The zero-order chi connectivity index (χ0) is 20.1. The third kappa shape index (κ3) is 4.68. The summed E-state index contributed by atoms with van der Waals surface area (Å²) in [6.07, 6.45) is 5.88. The molecule has 1 aromatic carbocycles. The number of nitrogens with one attached hydrogen (secondary N) is 1. The van der Waals surface area contributed by atoms with Crippen LogP contribution in [-0.4, -0.2) is 29.8 Å². The fourth-order valence-corrected chi connectivity index (χ4v) is 3.55. The summed E-state index contributed by atoms with van der Waals surface area (Å²) in [6, 6.07) is 9.27. The van der Waals surface area contributed by atoms with Crippen molar-refractivity contribution in [2.75, 3.05) is 18.1 Å². The van der Waals surface area contributed by atoms with E-state index in [2.05, 4.69) is 15.3 Å². The average Bonchev–Trinajstić information content (AvgIpc) is 3.20. The number of aromatic nitrogens is 1. The van der Waals surface area contributed by atoms with Crippen LogP contribution < -0.4 is 15.8 Å². The highest BCUT2D eigenvalue weighted by Crippen LogP contribution is 2.27. The van der Waals surface area contributed by atoms with Crippen LogP contribution in [0.15, 0.2) is 41.5 Å². The number of carbonyl (C=O) groups is 1. The first-order valence-electron chi connectivity index (χ1n) is 9.78. The Hall–Kier alpha value is -2.89. The van der Waals surface area contributed by atoms with E-state index in [0.29, 0.717) is 11.5 Å². The third-order valence-corrected chi connectivity index (χ3v) is 4.89. The number of nitrogens with zero attached hydrogens (tertiary/aromatic N) is 2. The maximum absolute atomic E-state index is 12.4. The molecule has 2 aromatic rings. The number of anilines is 2. The van der Waals surface area contributed by atoms with Crippen molar-refractivity contribution in [2.24, 2.45) is 10.9 Å². The largest absolute Gasteiger partial charge is 0.491 e. The van der Waals surface area contributed by atoms with E-state index in [1.165, 1.54) is 0 Å². The molecule has 1 aliphatic rings. The van der Waals surface area contributed by atoms with E-state index in [1.54, 1.807) is 13.2 Å². The van der Waals surface area contributed by atoms with Crippen molar-refractivity contribution in [3.63, 3.8) is 0 Å². The van der Waals surface area contributed by atoms with Crippen LogP contribution >= 0.6 is 0 Å². The molecule has 28 heavy (non-hydrogen) atoms. The lowest BCUT2D eigenvalue weighted by atomic mass is 10.0. The first-order chi connectivity index (χ1) is 13.5. The Morgan fingerprint density at radius 2 is 2.00 bits per heavy atom. The Balaban J connectivity index is 1.86. The molecule has 0 atom stereocenters. The summed E-state index contributed by atoms with van der Waals surface area (Å²) in [6.45, 7) is 3.96. The van der Waals surface area contributed by atoms with E-state index in [9.17, 15) is 4.79 Å². The minimum absolute atomic E-state index is 0.0454. The normalized spacial score (nSPS) is 15.1. The number of ether oxygens (including phenoxy) is 1. The van der Waals surface area contributed by atoms with Crippen LogP contribution in [0.4, 0.5) is 11.5 Å². The summed E-state index contributed by atoms with van der Waals surface area (Å²) >= 11 is 0. The van der Waals surface area contributed by atoms with Crippen LogP contribution in [0.3, 0.4) is 0 Å². The number of carbonyl (C=O) groups excluding carboxylic acids is 1. The first-order valence-corrected chi connectivity index (χ1v) is 9.78. The average molecular weight is 380 g/mol. The van der Waals surface area contributed by atoms with Gasteiger partial charge in [0.05, 0.1) is 11.8 Å². The molecule has 6 nitrogen and oxygen atoms in total. The van der Waals surface area contributed by atoms with Gasteiger partial charge in [-0.15, -0.1) is 0 Å². The smallest absolute Gasteiger partial charge is 0.228 e. The lowest BCUT2D eigenvalue weighted by Crippen LogP contribution is -2.21. The second-order valence-corrected chi connectivity index (χ2v) is 7.39. The Labute approximate surface area is 166 Å². The Bertz CT molecular complexity index is 871. The Morgan fingerprint density at radius 1 is 1.25 bits per heavy atom. The zero-order valence-electron chi connectivity index (χ0n) is 16.7. The first kappa shape index (κ1) is 19.9. The van der Waals surface area contributed by atoms with Crippen molar-refractivity contribution >= 4 is 23.1 Å². The van der Waals surface area contributed by atoms with Crippen molar-refractivity contribution in [2.45, 2.75) is 45.6 Å². The number of nitrogen functional groups attached to an aromatic ring is 1.